The molecule has 0 aliphatic heterocycles. The van der Waals surface area contributed by atoms with E-state index in [4.69, 9.17) is 5.21 Å². The van der Waals surface area contributed by atoms with Gasteiger partial charge in [0.2, 0.25) is 0 Å². The molecule has 0 aliphatic rings. The molecule has 0 aliphatic carbocycles. The maximum Gasteiger partial charge on any atom is 0.0988 e. The van der Waals surface area contributed by atoms with Crippen molar-refractivity contribution in [2.45, 2.75) is 0 Å². The molecule has 0 aromatic rings. The van der Waals surface area contributed by atoms with Crippen LogP contribution in [0.25, 0.3) is 0 Å². The van der Waals surface area contributed by atoms with Crippen molar-refractivity contribution in [2.24, 2.45) is 5.16 Å². The van der Waals surface area contributed by atoms with Gasteiger partial charge in [0.05, 0.1) is 5.55 Å². The van der Waals surface area contributed by atoms with Gasteiger partial charge in [0.1, 0.15) is 0 Å². The maximum absolute atomic E-state index is 7.61. The number of hydrogen-bond donors (Lipinski definition) is 1. The number of thioether (sulfide) groups is 1. The Morgan fingerprint density at radius 2 is 2.60 bits per heavy atom. The molecule has 0 unspecified atom stereocenters. The summed E-state index contributed by atoms with van der Waals surface area (Å²) in [5, 5.41) is 10.3. The summed E-state index contributed by atoms with van der Waals surface area (Å²) in [7, 11) is 0. The van der Waals surface area contributed by atoms with Crippen molar-refractivity contribution in [3.63, 3.8) is 0 Å². The summed E-state index contributed by atoms with van der Waals surface area (Å²) in [6.45, 7) is 0. The average molecular weight is 91.1 g/mol. The second kappa shape index (κ2) is 3.82. The predicted molar refractivity (Wildman–Crippen MR) is 23.8 cm³/mol. The summed E-state index contributed by atoms with van der Waals surface area (Å²) in [4.78, 5) is 0. The first kappa shape index (κ1) is 4.82. The minimum Gasteiger partial charge on any atom is -0.410 e. The standard InChI is InChI=1S/C2H5NOS/c1-5-2-3-4/h2,4H,1H3/b3-2-. The van der Waals surface area contributed by atoms with Gasteiger partial charge in [-0.3, -0.25) is 0 Å². The third kappa shape index (κ3) is 3.82. The molecule has 0 saturated carbocycles. The lowest BCUT2D eigenvalue weighted by Crippen LogP contribution is -1.53. The fourth-order valence-electron chi connectivity index (χ4n) is 0.0471. The van der Waals surface area contributed by atoms with Crippen molar-refractivity contribution in [2.75, 3.05) is 6.26 Å². The fourth-order valence-corrected chi connectivity index (χ4v) is 0.141. The molecule has 0 aromatic carbocycles. The van der Waals surface area contributed by atoms with Crippen LogP contribution in [0.15, 0.2) is 5.16 Å². The van der Waals surface area contributed by atoms with E-state index >= 15 is 0 Å². The van der Waals surface area contributed by atoms with Crippen molar-refractivity contribution in [1.29, 1.82) is 0 Å². The third-order valence-corrected chi connectivity index (χ3v) is 0.458. The number of oxime groups is 1. The smallest absolute Gasteiger partial charge is 0.0988 e. The first-order chi connectivity index (χ1) is 2.41. The van der Waals surface area contributed by atoms with Gasteiger partial charge >= 0.3 is 0 Å². The zero-order valence-corrected chi connectivity index (χ0v) is 3.70. The van der Waals surface area contributed by atoms with E-state index in [9.17, 15) is 0 Å². The average Bonchev–Trinajstić information content (AvgIpc) is 1.41. The molecule has 30 valence electrons. The zero-order chi connectivity index (χ0) is 4.12. The van der Waals surface area contributed by atoms with E-state index in [1.54, 1.807) is 0 Å². The fraction of sp³-hybridized carbons (Fsp3) is 0.500. The molecule has 0 rings (SSSR count). The molecule has 0 saturated heterocycles. The van der Waals surface area contributed by atoms with E-state index < -0.39 is 0 Å². The van der Waals surface area contributed by atoms with Gasteiger partial charge in [-0.1, -0.05) is 5.16 Å². The lowest BCUT2D eigenvalue weighted by atomic mass is 11.7. The number of rotatable bonds is 1. The van der Waals surface area contributed by atoms with E-state index in [-0.39, 0.29) is 0 Å². The molecule has 5 heavy (non-hydrogen) atoms. The van der Waals surface area contributed by atoms with Crippen molar-refractivity contribution in [3.8, 4) is 0 Å². The van der Waals surface area contributed by atoms with Crippen molar-refractivity contribution in [3.05, 3.63) is 0 Å². The first-order valence-electron chi connectivity index (χ1n) is 1.10. The summed E-state index contributed by atoms with van der Waals surface area (Å²) < 4.78 is 0. The van der Waals surface area contributed by atoms with Gasteiger partial charge in [0.25, 0.3) is 0 Å². The summed E-state index contributed by atoms with van der Waals surface area (Å²) in [5.41, 5.74) is 1.35. The summed E-state index contributed by atoms with van der Waals surface area (Å²) in [5.74, 6) is 0. The Morgan fingerprint density at radius 3 is 2.60 bits per heavy atom. The molecule has 0 spiro atoms. The Bertz CT molecular complexity index is 36.6. The predicted octanol–water partition coefficient (Wildman–Crippen LogP) is 0.767. The molecule has 0 radical (unpaired) electrons. The van der Waals surface area contributed by atoms with Crippen molar-refractivity contribution >= 4 is 17.3 Å². The lowest BCUT2D eigenvalue weighted by molar-refractivity contribution is 0.323. The van der Waals surface area contributed by atoms with Crippen LogP contribution in [0.1, 0.15) is 0 Å². The van der Waals surface area contributed by atoms with Crippen LogP contribution in [-0.2, 0) is 0 Å². The largest absolute Gasteiger partial charge is 0.410 e. The molecule has 3 heteroatoms. The Kier molecular flexibility index (Phi) is 3.68. The van der Waals surface area contributed by atoms with E-state index in [0.29, 0.717) is 0 Å². The van der Waals surface area contributed by atoms with E-state index in [0.717, 1.165) is 0 Å². The number of nitrogens with zero attached hydrogens (tertiary/aromatic N) is 1. The highest BCUT2D eigenvalue weighted by molar-refractivity contribution is 8.11. The molecule has 0 aromatic heterocycles. The second-order valence-electron chi connectivity index (χ2n) is 0.457. The molecule has 0 heterocycles. The van der Waals surface area contributed by atoms with Crippen LogP contribution in [0.2, 0.25) is 0 Å². The van der Waals surface area contributed by atoms with E-state index in [1.807, 2.05) is 6.26 Å². The molecule has 0 atom stereocenters. The molecular formula is C2H5NOS. The zero-order valence-electron chi connectivity index (χ0n) is 2.88. The monoisotopic (exact) mass is 91.0 g/mol. The molecule has 1 N–H and O–H groups in total. The van der Waals surface area contributed by atoms with Crippen LogP contribution in [0.4, 0.5) is 0 Å². The Morgan fingerprint density at radius 1 is 2.00 bits per heavy atom. The van der Waals surface area contributed by atoms with Gasteiger partial charge in [-0.2, -0.15) is 0 Å². The Balaban J connectivity index is 2.62. The lowest BCUT2D eigenvalue weighted by Gasteiger charge is -1.65. The van der Waals surface area contributed by atoms with Gasteiger partial charge in [0.15, 0.2) is 0 Å². The highest BCUT2D eigenvalue weighted by atomic mass is 32.2. The first-order valence-corrected chi connectivity index (χ1v) is 2.39. The van der Waals surface area contributed by atoms with Gasteiger partial charge in [0, 0.05) is 0 Å². The van der Waals surface area contributed by atoms with Crippen LogP contribution in [0.5, 0.6) is 0 Å². The summed E-state index contributed by atoms with van der Waals surface area (Å²) >= 11 is 1.36. The van der Waals surface area contributed by atoms with Gasteiger partial charge in [-0.15, -0.1) is 11.8 Å². The summed E-state index contributed by atoms with van der Waals surface area (Å²) in [6.07, 6.45) is 1.82. The normalized spacial score (nSPS) is 9.80. The van der Waals surface area contributed by atoms with Crippen LogP contribution < -0.4 is 0 Å². The van der Waals surface area contributed by atoms with E-state index in [2.05, 4.69) is 5.16 Å². The van der Waals surface area contributed by atoms with Gasteiger partial charge in [-0.05, 0) is 6.26 Å². The quantitative estimate of drug-likeness (QED) is 0.224. The molecule has 0 amide bonds. The third-order valence-electron chi connectivity index (χ3n) is 0.153. The van der Waals surface area contributed by atoms with Crippen LogP contribution in [0, 0.1) is 0 Å². The Hall–Kier alpha value is -0.180. The highest BCUT2D eigenvalue weighted by Crippen LogP contribution is 1.78. The molecular weight excluding hydrogens is 86.1 g/mol. The number of hydrogen-bond acceptors (Lipinski definition) is 3. The summed E-state index contributed by atoms with van der Waals surface area (Å²) in [6, 6.07) is 0. The minimum atomic E-state index is 1.35. The second-order valence-corrected chi connectivity index (χ2v) is 1.14. The van der Waals surface area contributed by atoms with Crippen molar-refractivity contribution in [1.82, 2.24) is 0 Å². The molecule has 2 nitrogen and oxygen atoms in total. The molecule has 0 fully saturated rings. The Labute approximate surface area is 34.9 Å². The molecule has 0 bridgehead atoms. The van der Waals surface area contributed by atoms with Crippen molar-refractivity contribution < 1.29 is 5.21 Å². The van der Waals surface area contributed by atoms with E-state index in [1.165, 1.54) is 17.3 Å². The maximum atomic E-state index is 7.61. The van der Waals surface area contributed by atoms with Gasteiger partial charge in [-0.25, -0.2) is 0 Å². The van der Waals surface area contributed by atoms with Crippen LogP contribution in [-0.4, -0.2) is 17.0 Å². The van der Waals surface area contributed by atoms with Crippen LogP contribution in [0.3, 0.4) is 0 Å². The SMILES string of the molecule is CS/C=N\O. The van der Waals surface area contributed by atoms with Crippen LogP contribution >= 0.6 is 11.8 Å². The topological polar surface area (TPSA) is 32.6 Å². The highest BCUT2D eigenvalue weighted by Gasteiger charge is 1.54. The minimum absolute atomic E-state index is 1.35. The van der Waals surface area contributed by atoms with Gasteiger partial charge < -0.3 is 5.21 Å².